The second-order valence-electron chi connectivity index (χ2n) is 5.12. The Morgan fingerprint density at radius 2 is 1.79 bits per heavy atom. The van der Waals surface area contributed by atoms with Crippen molar-refractivity contribution < 1.29 is 4.79 Å². The number of hydrogen-bond acceptors (Lipinski definition) is 6. The second-order valence-corrected chi connectivity index (χ2v) is 8.98. The number of aromatic nitrogens is 2. The summed E-state index contributed by atoms with van der Waals surface area (Å²) in [6.45, 7) is 4.16. The van der Waals surface area contributed by atoms with Crippen LogP contribution in [0, 0.1) is 0 Å². The van der Waals surface area contributed by atoms with Crippen LogP contribution in [0.4, 0.5) is 0 Å². The summed E-state index contributed by atoms with van der Waals surface area (Å²) in [7, 11) is 0. The quantitative estimate of drug-likeness (QED) is 0.607. The smallest absolute Gasteiger partial charge is 0.230 e. The van der Waals surface area contributed by atoms with Crippen LogP contribution in [0.25, 0.3) is 0 Å². The van der Waals surface area contributed by atoms with Crippen molar-refractivity contribution in [2.24, 2.45) is 0 Å². The molecule has 1 N–H and O–H groups in total. The first-order chi connectivity index (χ1) is 11.6. The molecule has 4 nitrogen and oxygen atoms in total. The molecule has 2 rings (SSSR count). The highest BCUT2D eigenvalue weighted by atomic mass is 35.5. The number of rotatable bonds is 9. The first kappa shape index (κ1) is 19.6. The van der Waals surface area contributed by atoms with E-state index < -0.39 is 0 Å². The summed E-state index contributed by atoms with van der Waals surface area (Å²) in [6.07, 6.45) is 1.91. The molecule has 0 saturated heterocycles. The van der Waals surface area contributed by atoms with Crippen molar-refractivity contribution in [2.75, 3.05) is 5.75 Å². The molecule has 1 aromatic heterocycles. The highest BCUT2D eigenvalue weighted by Crippen LogP contribution is 2.30. The molecule has 1 heterocycles. The Hall–Kier alpha value is -0.760. The summed E-state index contributed by atoms with van der Waals surface area (Å²) >= 11 is 10.5. The lowest BCUT2D eigenvalue weighted by Crippen LogP contribution is -2.34. The van der Waals surface area contributed by atoms with E-state index in [-0.39, 0.29) is 11.9 Å². The van der Waals surface area contributed by atoms with Crippen LogP contribution in [0.3, 0.4) is 0 Å². The summed E-state index contributed by atoms with van der Waals surface area (Å²) in [6, 6.07) is 8.05. The first-order valence-corrected chi connectivity index (χ1v) is 10.9. The van der Waals surface area contributed by atoms with Crippen molar-refractivity contribution in [3.63, 3.8) is 0 Å². The zero-order valence-electron chi connectivity index (χ0n) is 13.6. The van der Waals surface area contributed by atoms with Gasteiger partial charge in [-0.3, -0.25) is 4.79 Å². The lowest BCUT2D eigenvalue weighted by Gasteiger charge is -2.13. The van der Waals surface area contributed by atoms with Crippen molar-refractivity contribution in [1.82, 2.24) is 15.5 Å². The van der Waals surface area contributed by atoms with Crippen molar-refractivity contribution in [3.05, 3.63) is 34.9 Å². The van der Waals surface area contributed by atoms with Gasteiger partial charge in [0.05, 0.1) is 5.75 Å². The molecule has 0 spiro atoms. The van der Waals surface area contributed by atoms with Gasteiger partial charge in [-0.2, -0.15) is 0 Å². The van der Waals surface area contributed by atoms with Gasteiger partial charge in [-0.05, 0) is 30.5 Å². The molecule has 0 unspecified atom stereocenters. The standard InChI is InChI=1S/C16H20ClN3OS3/c1-3-13(4-2)18-14(21)10-23-16-20-19-15(24-16)22-9-11-5-7-12(17)8-6-11/h5-8,13H,3-4,9-10H2,1-2H3,(H,18,21). The summed E-state index contributed by atoms with van der Waals surface area (Å²) in [5.41, 5.74) is 1.19. The van der Waals surface area contributed by atoms with E-state index in [2.05, 4.69) is 29.4 Å². The molecule has 2 aromatic rings. The van der Waals surface area contributed by atoms with Crippen LogP contribution in [-0.2, 0) is 10.5 Å². The Morgan fingerprint density at radius 3 is 2.42 bits per heavy atom. The van der Waals surface area contributed by atoms with Gasteiger partial charge >= 0.3 is 0 Å². The van der Waals surface area contributed by atoms with Crippen LogP contribution in [-0.4, -0.2) is 27.9 Å². The van der Waals surface area contributed by atoms with Crippen LogP contribution >= 0.6 is 46.5 Å². The number of nitrogens with zero attached hydrogens (tertiary/aromatic N) is 2. The first-order valence-electron chi connectivity index (χ1n) is 7.73. The Labute approximate surface area is 160 Å². The molecule has 0 aliphatic rings. The average molecular weight is 402 g/mol. The molecular weight excluding hydrogens is 382 g/mol. The Morgan fingerprint density at radius 1 is 1.17 bits per heavy atom. The fourth-order valence-corrected chi connectivity index (χ4v) is 4.84. The third kappa shape index (κ3) is 6.63. The maximum atomic E-state index is 11.9. The van der Waals surface area contributed by atoms with E-state index >= 15 is 0 Å². The molecule has 130 valence electrons. The molecule has 1 amide bonds. The molecule has 0 saturated carbocycles. The third-order valence-corrected chi connectivity index (χ3v) is 6.85. The molecule has 0 radical (unpaired) electrons. The minimum Gasteiger partial charge on any atom is -0.353 e. The minimum absolute atomic E-state index is 0.0549. The van der Waals surface area contributed by atoms with Gasteiger partial charge in [0.25, 0.3) is 0 Å². The number of nitrogens with one attached hydrogen (secondary N) is 1. The van der Waals surface area contributed by atoms with Gasteiger partial charge in [-0.1, -0.05) is 72.4 Å². The zero-order chi connectivity index (χ0) is 17.4. The van der Waals surface area contributed by atoms with Gasteiger partial charge in [0.2, 0.25) is 5.91 Å². The van der Waals surface area contributed by atoms with E-state index in [0.717, 1.165) is 32.3 Å². The molecule has 0 bridgehead atoms. The van der Waals surface area contributed by atoms with E-state index in [4.69, 9.17) is 11.6 Å². The highest BCUT2D eigenvalue weighted by molar-refractivity contribution is 8.03. The monoisotopic (exact) mass is 401 g/mol. The van der Waals surface area contributed by atoms with Gasteiger partial charge in [0, 0.05) is 16.8 Å². The number of benzene rings is 1. The largest absolute Gasteiger partial charge is 0.353 e. The van der Waals surface area contributed by atoms with Gasteiger partial charge < -0.3 is 5.32 Å². The Bertz CT molecular complexity index is 644. The molecule has 0 atom stereocenters. The van der Waals surface area contributed by atoms with E-state index in [1.165, 1.54) is 28.7 Å². The van der Waals surface area contributed by atoms with E-state index in [1.807, 2.05) is 24.3 Å². The number of hydrogen-bond donors (Lipinski definition) is 1. The van der Waals surface area contributed by atoms with Gasteiger partial charge in [-0.25, -0.2) is 0 Å². The number of amides is 1. The molecular formula is C16H20ClN3OS3. The predicted molar refractivity (Wildman–Crippen MR) is 104 cm³/mol. The van der Waals surface area contributed by atoms with Crippen LogP contribution in [0.2, 0.25) is 5.02 Å². The van der Waals surface area contributed by atoms with Crippen LogP contribution < -0.4 is 5.32 Å². The van der Waals surface area contributed by atoms with Crippen LogP contribution in [0.5, 0.6) is 0 Å². The number of carbonyl (C=O) groups excluding carboxylic acids is 1. The third-order valence-electron chi connectivity index (χ3n) is 3.34. The van der Waals surface area contributed by atoms with E-state index in [1.54, 1.807) is 11.8 Å². The summed E-state index contributed by atoms with van der Waals surface area (Å²) in [5.74, 6) is 1.26. The topological polar surface area (TPSA) is 54.9 Å². The van der Waals surface area contributed by atoms with Crippen LogP contribution in [0.1, 0.15) is 32.3 Å². The highest BCUT2D eigenvalue weighted by Gasteiger charge is 2.11. The molecule has 24 heavy (non-hydrogen) atoms. The molecule has 8 heteroatoms. The lowest BCUT2D eigenvalue weighted by atomic mass is 10.2. The maximum Gasteiger partial charge on any atom is 0.230 e. The molecule has 0 aliphatic carbocycles. The van der Waals surface area contributed by atoms with E-state index in [0.29, 0.717) is 5.75 Å². The lowest BCUT2D eigenvalue weighted by molar-refractivity contribution is -0.119. The summed E-state index contributed by atoms with van der Waals surface area (Å²) < 4.78 is 1.74. The second kappa shape index (κ2) is 10.3. The number of halogens is 1. The van der Waals surface area contributed by atoms with Gasteiger partial charge in [0.1, 0.15) is 0 Å². The predicted octanol–water partition coefficient (Wildman–Crippen LogP) is 4.88. The fraction of sp³-hybridized carbons (Fsp3) is 0.438. The zero-order valence-corrected chi connectivity index (χ0v) is 16.8. The van der Waals surface area contributed by atoms with E-state index in [9.17, 15) is 4.79 Å². The number of carbonyl (C=O) groups is 1. The SMILES string of the molecule is CCC(CC)NC(=O)CSc1nnc(SCc2ccc(Cl)cc2)s1. The van der Waals surface area contributed by atoms with Crippen molar-refractivity contribution in [1.29, 1.82) is 0 Å². The summed E-state index contributed by atoms with van der Waals surface area (Å²) in [4.78, 5) is 11.9. The van der Waals surface area contributed by atoms with Crippen molar-refractivity contribution >= 4 is 52.4 Å². The van der Waals surface area contributed by atoms with Crippen LogP contribution in [0.15, 0.2) is 32.9 Å². The van der Waals surface area contributed by atoms with Gasteiger partial charge in [-0.15, -0.1) is 10.2 Å². The van der Waals surface area contributed by atoms with Crippen molar-refractivity contribution in [2.45, 2.75) is 47.2 Å². The fourth-order valence-electron chi connectivity index (χ4n) is 1.93. The Balaban J connectivity index is 1.76. The average Bonchev–Trinajstić information content (AvgIpc) is 3.05. The summed E-state index contributed by atoms with van der Waals surface area (Å²) in [5, 5.41) is 12.1. The molecule has 0 fully saturated rings. The van der Waals surface area contributed by atoms with Gasteiger partial charge in [0.15, 0.2) is 8.68 Å². The maximum absolute atomic E-state index is 11.9. The Kier molecular flexibility index (Phi) is 8.38. The van der Waals surface area contributed by atoms with Crippen molar-refractivity contribution in [3.8, 4) is 0 Å². The molecule has 0 aliphatic heterocycles. The molecule has 1 aromatic carbocycles. The minimum atomic E-state index is 0.0549. The normalized spacial score (nSPS) is 11.0. The number of thioether (sulfide) groups is 2.